The average Bonchev–Trinajstić information content (AvgIpc) is 2.98. The highest BCUT2D eigenvalue weighted by molar-refractivity contribution is 4.92. The van der Waals surface area contributed by atoms with E-state index in [9.17, 15) is 0 Å². The Kier molecular flexibility index (Phi) is 3.48. The van der Waals surface area contributed by atoms with Crippen molar-refractivity contribution in [1.29, 1.82) is 0 Å². The molecule has 0 amide bonds. The van der Waals surface area contributed by atoms with Gasteiger partial charge in [0.05, 0.1) is 12.7 Å². The maximum Gasteiger partial charge on any atom is 0.0575 e. The Morgan fingerprint density at radius 2 is 1.86 bits per heavy atom. The molecule has 2 saturated carbocycles. The van der Waals surface area contributed by atoms with Crippen LogP contribution in [-0.2, 0) is 4.74 Å². The minimum atomic E-state index is 0.609. The van der Waals surface area contributed by atoms with Gasteiger partial charge in [0, 0.05) is 0 Å². The van der Waals surface area contributed by atoms with Gasteiger partial charge in [-0.2, -0.15) is 0 Å². The molecule has 0 aromatic heterocycles. The predicted octanol–water partition coefficient (Wildman–Crippen LogP) is 3.92. The summed E-state index contributed by atoms with van der Waals surface area (Å²) in [6.07, 6.45) is 13.0. The van der Waals surface area contributed by atoms with Gasteiger partial charge in [0.15, 0.2) is 0 Å². The molecule has 14 heavy (non-hydrogen) atoms. The summed E-state index contributed by atoms with van der Waals surface area (Å²) >= 11 is 0. The van der Waals surface area contributed by atoms with Crippen LogP contribution >= 0.6 is 0 Å². The van der Waals surface area contributed by atoms with Gasteiger partial charge in [-0.25, -0.2) is 0 Å². The van der Waals surface area contributed by atoms with Crippen molar-refractivity contribution in [1.82, 2.24) is 0 Å². The minimum Gasteiger partial charge on any atom is -0.378 e. The zero-order valence-corrected chi connectivity index (χ0v) is 9.56. The van der Waals surface area contributed by atoms with Crippen molar-refractivity contribution >= 4 is 0 Å². The minimum absolute atomic E-state index is 0.609. The molecular weight excluding hydrogens is 172 g/mol. The quantitative estimate of drug-likeness (QED) is 0.647. The highest BCUT2D eigenvalue weighted by atomic mass is 16.5. The normalized spacial score (nSPS) is 26.4. The van der Waals surface area contributed by atoms with Crippen LogP contribution in [0.1, 0.15) is 64.7 Å². The van der Waals surface area contributed by atoms with Crippen molar-refractivity contribution in [3.8, 4) is 0 Å². The number of hydrogen-bond donors (Lipinski definition) is 0. The highest BCUT2D eigenvalue weighted by Gasteiger charge is 2.42. The molecule has 2 aliphatic rings. The summed E-state index contributed by atoms with van der Waals surface area (Å²) < 4.78 is 6.06. The summed E-state index contributed by atoms with van der Waals surface area (Å²) in [5.74, 6) is 0. The second kappa shape index (κ2) is 4.65. The van der Waals surface area contributed by atoms with Crippen LogP contribution in [0, 0.1) is 5.41 Å². The zero-order chi connectivity index (χ0) is 9.86. The summed E-state index contributed by atoms with van der Waals surface area (Å²) in [5, 5.41) is 0. The predicted molar refractivity (Wildman–Crippen MR) is 59.4 cm³/mol. The molecule has 82 valence electrons. The summed E-state index contributed by atoms with van der Waals surface area (Å²) in [6, 6.07) is 0. The lowest BCUT2D eigenvalue weighted by atomic mass is 9.97. The topological polar surface area (TPSA) is 9.23 Å². The Bertz CT molecular complexity index is 166. The first-order valence-electron chi connectivity index (χ1n) is 6.46. The van der Waals surface area contributed by atoms with E-state index in [1.54, 1.807) is 0 Å². The third-order valence-corrected chi connectivity index (χ3v) is 3.91. The van der Waals surface area contributed by atoms with Crippen molar-refractivity contribution in [2.45, 2.75) is 70.8 Å². The van der Waals surface area contributed by atoms with Gasteiger partial charge in [0.2, 0.25) is 0 Å². The lowest BCUT2D eigenvalue weighted by molar-refractivity contribution is -0.0000965. The Morgan fingerprint density at radius 1 is 1.14 bits per heavy atom. The molecule has 0 N–H and O–H groups in total. The van der Waals surface area contributed by atoms with E-state index in [1.807, 2.05) is 0 Å². The maximum absolute atomic E-state index is 6.06. The third kappa shape index (κ3) is 2.73. The lowest BCUT2D eigenvalue weighted by Gasteiger charge is -2.24. The van der Waals surface area contributed by atoms with Gasteiger partial charge in [-0.05, 0) is 37.5 Å². The van der Waals surface area contributed by atoms with E-state index >= 15 is 0 Å². The molecule has 2 rings (SSSR count). The number of hydrogen-bond acceptors (Lipinski definition) is 1. The SMILES string of the molecule is CCCC1(COC2CCCCC2)CC1. The van der Waals surface area contributed by atoms with Crippen molar-refractivity contribution in [3.63, 3.8) is 0 Å². The highest BCUT2D eigenvalue weighted by Crippen LogP contribution is 2.50. The van der Waals surface area contributed by atoms with Crippen LogP contribution in [0.2, 0.25) is 0 Å². The van der Waals surface area contributed by atoms with Crippen molar-refractivity contribution in [2.24, 2.45) is 5.41 Å². The Balaban J connectivity index is 1.65. The largest absolute Gasteiger partial charge is 0.378 e. The van der Waals surface area contributed by atoms with Gasteiger partial charge in [0.25, 0.3) is 0 Å². The molecule has 0 spiro atoms. The molecule has 2 fully saturated rings. The fourth-order valence-corrected chi connectivity index (χ4v) is 2.70. The zero-order valence-electron chi connectivity index (χ0n) is 9.56. The van der Waals surface area contributed by atoms with E-state index in [4.69, 9.17) is 4.74 Å². The molecule has 0 heterocycles. The van der Waals surface area contributed by atoms with Crippen LogP contribution in [-0.4, -0.2) is 12.7 Å². The van der Waals surface area contributed by atoms with Crippen molar-refractivity contribution < 1.29 is 4.74 Å². The molecule has 0 saturated heterocycles. The Hall–Kier alpha value is -0.0400. The van der Waals surface area contributed by atoms with Crippen LogP contribution < -0.4 is 0 Å². The van der Waals surface area contributed by atoms with Gasteiger partial charge >= 0.3 is 0 Å². The summed E-state index contributed by atoms with van der Waals surface area (Å²) in [7, 11) is 0. The molecular formula is C13H24O. The van der Waals surface area contributed by atoms with Crippen LogP contribution in [0.5, 0.6) is 0 Å². The summed E-state index contributed by atoms with van der Waals surface area (Å²) in [6.45, 7) is 3.35. The molecule has 0 unspecified atom stereocenters. The van der Waals surface area contributed by atoms with E-state index in [0.717, 1.165) is 6.61 Å². The average molecular weight is 196 g/mol. The molecule has 0 aromatic rings. The van der Waals surface area contributed by atoms with Crippen LogP contribution in [0.4, 0.5) is 0 Å². The molecule has 0 bridgehead atoms. The molecule has 0 aliphatic heterocycles. The standard InChI is InChI=1S/C13H24O/c1-2-8-13(9-10-13)11-14-12-6-4-3-5-7-12/h12H,2-11H2,1H3. The molecule has 0 atom stereocenters. The van der Waals surface area contributed by atoms with Crippen LogP contribution in [0.25, 0.3) is 0 Å². The Morgan fingerprint density at radius 3 is 2.43 bits per heavy atom. The smallest absolute Gasteiger partial charge is 0.0575 e. The molecule has 1 nitrogen and oxygen atoms in total. The monoisotopic (exact) mass is 196 g/mol. The molecule has 0 aromatic carbocycles. The maximum atomic E-state index is 6.06. The van der Waals surface area contributed by atoms with Crippen molar-refractivity contribution in [2.75, 3.05) is 6.61 Å². The fourth-order valence-electron chi connectivity index (χ4n) is 2.70. The first-order chi connectivity index (χ1) is 6.85. The van der Waals surface area contributed by atoms with E-state index in [-0.39, 0.29) is 0 Å². The Labute approximate surface area is 88.2 Å². The van der Waals surface area contributed by atoms with Gasteiger partial charge in [-0.15, -0.1) is 0 Å². The van der Waals surface area contributed by atoms with Crippen LogP contribution in [0.15, 0.2) is 0 Å². The van der Waals surface area contributed by atoms with Gasteiger partial charge in [-0.3, -0.25) is 0 Å². The van der Waals surface area contributed by atoms with E-state index in [2.05, 4.69) is 6.92 Å². The van der Waals surface area contributed by atoms with Gasteiger partial charge in [0.1, 0.15) is 0 Å². The van der Waals surface area contributed by atoms with Crippen LogP contribution in [0.3, 0.4) is 0 Å². The molecule has 1 heteroatoms. The number of ether oxygens (including phenoxy) is 1. The van der Waals surface area contributed by atoms with E-state index in [1.165, 1.54) is 57.8 Å². The first-order valence-corrected chi connectivity index (χ1v) is 6.46. The second-order valence-corrected chi connectivity index (χ2v) is 5.32. The first kappa shape index (κ1) is 10.5. The second-order valence-electron chi connectivity index (χ2n) is 5.32. The molecule has 2 aliphatic carbocycles. The fraction of sp³-hybridized carbons (Fsp3) is 1.00. The van der Waals surface area contributed by atoms with Crippen molar-refractivity contribution in [3.05, 3.63) is 0 Å². The summed E-state index contributed by atoms with van der Waals surface area (Å²) in [5.41, 5.74) is 0.631. The lowest BCUT2D eigenvalue weighted by Crippen LogP contribution is -2.21. The molecule has 0 radical (unpaired) electrons. The van der Waals surface area contributed by atoms with Gasteiger partial charge < -0.3 is 4.74 Å². The van der Waals surface area contributed by atoms with E-state index < -0.39 is 0 Å². The number of rotatable bonds is 5. The van der Waals surface area contributed by atoms with E-state index in [0.29, 0.717) is 11.5 Å². The third-order valence-electron chi connectivity index (χ3n) is 3.91. The summed E-state index contributed by atoms with van der Waals surface area (Å²) in [4.78, 5) is 0. The van der Waals surface area contributed by atoms with Gasteiger partial charge in [-0.1, -0.05) is 32.6 Å².